The zero-order chi connectivity index (χ0) is 9.68. The molecular formula is C11H21NO. The van der Waals surface area contributed by atoms with Crippen LogP contribution in [-0.4, -0.2) is 23.9 Å². The van der Waals surface area contributed by atoms with Gasteiger partial charge in [0.05, 0.1) is 0 Å². The van der Waals surface area contributed by atoms with E-state index in [0.29, 0.717) is 11.8 Å². The Balaban J connectivity index is 2.42. The highest BCUT2D eigenvalue weighted by Gasteiger charge is 2.23. The number of nitrogens with zero attached hydrogens (tertiary/aromatic N) is 1. The van der Waals surface area contributed by atoms with Crippen molar-refractivity contribution in [1.82, 2.24) is 4.90 Å². The summed E-state index contributed by atoms with van der Waals surface area (Å²) < 4.78 is 0. The number of carbonyl (C=O) groups excluding carboxylic acids is 1. The minimum atomic E-state index is 0.295. The van der Waals surface area contributed by atoms with Crippen LogP contribution in [-0.2, 0) is 4.79 Å². The molecule has 1 unspecified atom stereocenters. The van der Waals surface area contributed by atoms with Gasteiger partial charge in [-0.3, -0.25) is 4.79 Å². The van der Waals surface area contributed by atoms with Gasteiger partial charge in [0.2, 0.25) is 5.91 Å². The van der Waals surface area contributed by atoms with Gasteiger partial charge in [0.15, 0.2) is 0 Å². The highest BCUT2D eigenvalue weighted by molar-refractivity contribution is 5.78. The Kier molecular flexibility index (Phi) is 4.26. The third-order valence-corrected chi connectivity index (χ3v) is 2.90. The van der Waals surface area contributed by atoms with Crippen LogP contribution in [0.2, 0.25) is 0 Å². The Bertz CT molecular complexity index is 161. The lowest BCUT2D eigenvalue weighted by atomic mass is 9.99. The summed E-state index contributed by atoms with van der Waals surface area (Å²) in [5, 5.41) is 0. The maximum Gasteiger partial charge on any atom is 0.225 e. The first-order valence-electron chi connectivity index (χ1n) is 5.58. The molecule has 0 aliphatic carbocycles. The molecule has 0 bridgehead atoms. The van der Waals surface area contributed by atoms with Gasteiger partial charge in [-0.1, -0.05) is 20.3 Å². The van der Waals surface area contributed by atoms with Gasteiger partial charge >= 0.3 is 0 Å². The number of hydrogen-bond donors (Lipinski definition) is 0. The summed E-state index contributed by atoms with van der Waals surface area (Å²) in [5.41, 5.74) is 0. The van der Waals surface area contributed by atoms with Crippen LogP contribution in [0.25, 0.3) is 0 Å². The molecule has 2 heteroatoms. The predicted molar refractivity (Wildman–Crippen MR) is 54.5 cm³/mol. The highest BCUT2D eigenvalue weighted by atomic mass is 16.2. The van der Waals surface area contributed by atoms with Crippen LogP contribution >= 0.6 is 0 Å². The van der Waals surface area contributed by atoms with E-state index in [4.69, 9.17) is 0 Å². The quantitative estimate of drug-likeness (QED) is 0.655. The molecule has 1 rings (SSSR count). The fraction of sp³-hybridized carbons (Fsp3) is 0.909. The van der Waals surface area contributed by atoms with E-state index in [1.54, 1.807) is 0 Å². The average molecular weight is 183 g/mol. The third kappa shape index (κ3) is 2.71. The summed E-state index contributed by atoms with van der Waals surface area (Å²) in [4.78, 5) is 13.9. The molecule has 0 radical (unpaired) electrons. The molecule has 0 spiro atoms. The summed E-state index contributed by atoms with van der Waals surface area (Å²) in [5.74, 6) is 0.699. The molecule has 2 nitrogen and oxygen atoms in total. The summed E-state index contributed by atoms with van der Waals surface area (Å²) in [6, 6.07) is 0. The van der Waals surface area contributed by atoms with E-state index in [9.17, 15) is 4.79 Å². The largest absolute Gasteiger partial charge is 0.342 e. The highest BCUT2D eigenvalue weighted by Crippen LogP contribution is 2.18. The van der Waals surface area contributed by atoms with Gasteiger partial charge in [-0.25, -0.2) is 0 Å². The lowest BCUT2D eigenvalue weighted by molar-refractivity contribution is -0.134. The monoisotopic (exact) mass is 183 g/mol. The van der Waals surface area contributed by atoms with Crippen LogP contribution in [0.4, 0.5) is 0 Å². The van der Waals surface area contributed by atoms with Crippen molar-refractivity contribution in [2.45, 2.75) is 46.0 Å². The Hall–Kier alpha value is -0.530. The van der Waals surface area contributed by atoms with Crippen molar-refractivity contribution < 1.29 is 4.79 Å². The van der Waals surface area contributed by atoms with Crippen molar-refractivity contribution in [1.29, 1.82) is 0 Å². The van der Waals surface area contributed by atoms with Gasteiger partial charge in [-0.2, -0.15) is 0 Å². The van der Waals surface area contributed by atoms with Crippen LogP contribution in [0.15, 0.2) is 0 Å². The fourth-order valence-electron chi connectivity index (χ4n) is 2.05. The topological polar surface area (TPSA) is 20.3 Å². The lowest BCUT2D eigenvalue weighted by Crippen LogP contribution is -2.33. The lowest BCUT2D eigenvalue weighted by Gasteiger charge is -2.21. The second-order valence-corrected chi connectivity index (χ2v) is 3.93. The Labute approximate surface area is 81.3 Å². The Morgan fingerprint density at radius 2 is 1.92 bits per heavy atom. The van der Waals surface area contributed by atoms with Gasteiger partial charge in [0, 0.05) is 19.0 Å². The van der Waals surface area contributed by atoms with E-state index in [-0.39, 0.29) is 0 Å². The molecule has 1 heterocycles. The van der Waals surface area contributed by atoms with Crippen molar-refractivity contribution in [2.75, 3.05) is 13.1 Å². The molecular weight excluding hydrogens is 162 g/mol. The van der Waals surface area contributed by atoms with Crippen molar-refractivity contribution in [3.8, 4) is 0 Å². The van der Waals surface area contributed by atoms with Gasteiger partial charge in [-0.15, -0.1) is 0 Å². The van der Waals surface area contributed by atoms with Gasteiger partial charge in [0.25, 0.3) is 0 Å². The van der Waals surface area contributed by atoms with Crippen LogP contribution < -0.4 is 0 Å². The first-order valence-corrected chi connectivity index (χ1v) is 5.58. The van der Waals surface area contributed by atoms with Gasteiger partial charge in [0.1, 0.15) is 0 Å². The number of amides is 1. The average Bonchev–Trinajstić information content (AvgIpc) is 2.65. The van der Waals surface area contributed by atoms with Crippen LogP contribution in [0.5, 0.6) is 0 Å². The molecule has 0 aromatic carbocycles. The van der Waals surface area contributed by atoms with Gasteiger partial charge < -0.3 is 4.90 Å². The fourth-order valence-corrected chi connectivity index (χ4v) is 2.05. The zero-order valence-electron chi connectivity index (χ0n) is 8.88. The second-order valence-electron chi connectivity index (χ2n) is 3.93. The molecule has 1 amide bonds. The minimum Gasteiger partial charge on any atom is -0.342 e. The van der Waals surface area contributed by atoms with E-state index in [1.807, 2.05) is 4.90 Å². The van der Waals surface area contributed by atoms with Crippen molar-refractivity contribution in [3.63, 3.8) is 0 Å². The molecule has 1 aliphatic heterocycles. The summed E-state index contributed by atoms with van der Waals surface area (Å²) >= 11 is 0. The van der Waals surface area contributed by atoms with E-state index in [0.717, 1.165) is 32.4 Å². The molecule has 1 atom stereocenters. The number of hydrogen-bond acceptors (Lipinski definition) is 1. The van der Waals surface area contributed by atoms with Crippen molar-refractivity contribution >= 4 is 5.91 Å². The zero-order valence-corrected chi connectivity index (χ0v) is 8.88. The smallest absolute Gasteiger partial charge is 0.225 e. The van der Waals surface area contributed by atoms with E-state index >= 15 is 0 Å². The molecule has 0 saturated carbocycles. The summed E-state index contributed by atoms with van der Waals surface area (Å²) in [7, 11) is 0. The maximum atomic E-state index is 11.9. The van der Waals surface area contributed by atoms with E-state index < -0.39 is 0 Å². The molecule has 76 valence electrons. The Morgan fingerprint density at radius 3 is 2.38 bits per heavy atom. The first kappa shape index (κ1) is 10.6. The number of rotatable bonds is 4. The molecule has 0 aromatic rings. The summed E-state index contributed by atoms with van der Waals surface area (Å²) in [6.07, 6.45) is 5.59. The van der Waals surface area contributed by atoms with Crippen LogP contribution in [0.3, 0.4) is 0 Å². The number of likely N-dealkylation sites (tertiary alicyclic amines) is 1. The normalized spacial score (nSPS) is 19.1. The number of carbonyl (C=O) groups is 1. The predicted octanol–water partition coefficient (Wildman–Crippen LogP) is 2.44. The van der Waals surface area contributed by atoms with Crippen molar-refractivity contribution in [2.24, 2.45) is 5.92 Å². The molecule has 13 heavy (non-hydrogen) atoms. The second kappa shape index (κ2) is 5.25. The molecule has 0 N–H and O–H groups in total. The van der Waals surface area contributed by atoms with Crippen LogP contribution in [0.1, 0.15) is 46.0 Å². The molecule has 1 aliphatic rings. The van der Waals surface area contributed by atoms with E-state index in [1.165, 1.54) is 12.8 Å². The standard InChI is InChI=1S/C11H21NO/c1-3-7-10(4-2)11(13)12-8-5-6-9-12/h10H,3-9H2,1-2H3. The van der Waals surface area contributed by atoms with Gasteiger partial charge in [-0.05, 0) is 25.7 Å². The van der Waals surface area contributed by atoms with Crippen LogP contribution in [0, 0.1) is 5.92 Å². The minimum absolute atomic E-state index is 0.295. The molecule has 0 aromatic heterocycles. The third-order valence-electron chi connectivity index (χ3n) is 2.90. The maximum absolute atomic E-state index is 11.9. The Morgan fingerprint density at radius 1 is 1.31 bits per heavy atom. The SMILES string of the molecule is CCCC(CC)C(=O)N1CCCC1. The molecule has 1 saturated heterocycles. The van der Waals surface area contributed by atoms with E-state index in [2.05, 4.69) is 13.8 Å². The van der Waals surface area contributed by atoms with Crippen molar-refractivity contribution in [3.05, 3.63) is 0 Å². The first-order chi connectivity index (χ1) is 6.29. The molecule has 1 fully saturated rings. The summed E-state index contributed by atoms with van der Waals surface area (Å²) in [6.45, 7) is 6.27.